The molecule has 33 heavy (non-hydrogen) atoms. The zero-order chi connectivity index (χ0) is 25.0. The SMILES string of the molecule is C[C@@H](C(=O)NC(C)(C)C)N(Cc1ccccc1Cl)C(=O)CN(c1ccc(Br)cc1)S(C)(=O)=O. The Bertz CT molecular complexity index is 1100. The van der Waals surface area contributed by atoms with E-state index in [2.05, 4.69) is 21.2 Å². The summed E-state index contributed by atoms with van der Waals surface area (Å²) in [4.78, 5) is 27.7. The number of hydrogen-bond donors (Lipinski definition) is 1. The van der Waals surface area contributed by atoms with E-state index in [1.54, 1.807) is 55.5 Å². The van der Waals surface area contributed by atoms with E-state index in [1.807, 2.05) is 20.8 Å². The quantitative estimate of drug-likeness (QED) is 0.526. The number of rotatable bonds is 8. The van der Waals surface area contributed by atoms with Crippen molar-refractivity contribution < 1.29 is 18.0 Å². The first kappa shape index (κ1) is 27.1. The second-order valence-electron chi connectivity index (χ2n) is 8.77. The predicted octanol–water partition coefficient (Wildman–Crippen LogP) is 4.20. The summed E-state index contributed by atoms with van der Waals surface area (Å²) in [7, 11) is -3.77. The maximum atomic E-state index is 13.5. The summed E-state index contributed by atoms with van der Waals surface area (Å²) in [6, 6.07) is 12.8. The molecule has 0 aliphatic rings. The van der Waals surface area contributed by atoms with Crippen LogP contribution in [0.3, 0.4) is 0 Å². The maximum Gasteiger partial charge on any atom is 0.244 e. The fraction of sp³-hybridized carbons (Fsp3) is 0.391. The van der Waals surface area contributed by atoms with Crippen LogP contribution in [0.25, 0.3) is 0 Å². The van der Waals surface area contributed by atoms with Crippen LogP contribution in [0.15, 0.2) is 53.0 Å². The lowest BCUT2D eigenvalue weighted by atomic mass is 10.1. The minimum absolute atomic E-state index is 0.0508. The highest BCUT2D eigenvalue weighted by molar-refractivity contribution is 9.10. The topological polar surface area (TPSA) is 86.8 Å². The fourth-order valence-electron chi connectivity index (χ4n) is 3.09. The van der Waals surface area contributed by atoms with Crippen molar-refractivity contribution in [1.82, 2.24) is 10.2 Å². The van der Waals surface area contributed by atoms with Crippen molar-refractivity contribution in [2.75, 3.05) is 17.1 Å². The number of halogens is 2. The fourth-order valence-corrected chi connectivity index (χ4v) is 4.40. The second kappa shape index (κ2) is 10.9. The van der Waals surface area contributed by atoms with Crippen LogP contribution >= 0.6 is 27.5 Å². The minimum Gasteiger partial charge on any atom is -0.350 e. The Morgan fingerprint density at radius 1 is 1.09 bits per heavy atom. The summed E-state index contributed by atoms with van der Waals surface area (Å²) in [5.41, 5.74) is 0.497. The third kappa shape index (κ3) is 8.01. The molecule has 0 heterocycles. The molecule has 0 saturated heterocycles. The Kier molecular flexibility index (Phi) is 8.95. The molecule has 2 rings (SSSR count). The lowest BCUT2D eigenvalue weighted by Gasteiger charge is -2.33. The van der Waals surface area contributed by atoms with Crippen molar-refractivity contribution in [3.63, 3.8) is 0 Å². The van der Waals surface area contributed by atoms with Gasteiger partial charge in [0.2, 0.25) is 21.8 Å². The molecule has 0 fully saturated rings. The molecular formula is C23H29BrClN3O4S. The van der Waals surface area contributed by atoms with Gasteiger partial charge in [0.15, 0.2) is 0 Å². The van der Waals surface area contributed by atoms with Crippen LogP contribution in [-0.2, 0) is 26.2 Å². The number of nitrogens with one attached hydrogen (secondary N) is 1. The average Bonchev–Trinajstić information content (AvgIpc) is 2.69. The molecule has 0 radical (unpaired) electrons. The van der Waals surface area contributed by atoms with E-state index in [0.29, 0.717) is 16.3 Å². The molecule has 180 valence electrons. The third-order valence-corrected chi connectivity index (χ3v) is 6.80. The Balaban J connectivity index is 2.41. The number of anilines is 1. The standard InChI is InChI=1S/C23H29BrClN3O4S/c1-16(22(30)26-23(2,3)4)27(14-17-8-6-7-9-20(17)25)21(29)15-28(33(5,31)32)19-12-10-18(24)11-13-19/h6-13,16H,14-15H2,1-5H3,(H,26,30)/t16-/m0/s1. The van der Waals surface area contributed by atoms with Crippen LogP contribution in [0.5, 0.6) is 0 Å². The van der Waals surface area contributed by atoms with Crippen molar-refractivity contribution in [2.45, 2.75) is 45.8 Å². The maximum absolute atomic E-state index is 13.5. The van der Waals surface area contributed by atoms with Gasteiger partial charge in [0.05, 0.1) is 11.9 Å². The lowest BCUT2D eigenvalue weighted by Crippen LogP contribution is -2.54. The molecule has 0 saturated carbocycles. The van der Waals surface area contributed by atoms with Crippen molar-refractivity contribution >= 4 is 55.1 Å². The van der Waals surface area contributed by atoms with Gasteiger partial charge < -0.3 is 10.2 Å². The summed E-state index contributed by atoms with van der Waals surface area (Å²) in [5, 5.41) is 3.32. The molecule has 0 bridgehead atoms. The summed E-state index contributed by atoms with van der Waals surface area (Å²) in [6.45, 7) is 6.73. The van der Waals surface area contributed by atoms with Gasteiger partial charge in [-0.2, -0.15) is 0 Å². The van der Waals surface area contributed by atoms with Crippen molar-refractivity contribution in [3.05, 3.63) is 63.6 Å². The number of carbonyl (C=O) groups excluding carboxylic acids is 2. The van der Waals surface area contributed by atoms with Gasteiger partial charge in [-0.1, -0.05) is 45.7 Å². The zero-order valence-corrected chi connectivity index (χ0v) is 22.5. The number of sulfonamides is 1. The monoisotopic (exact) mass is 557 g/mol. The minimum atomic E-state index is -3.77. The highest BCUT2D eigenvalue weighted by Crippen LogP contribution is 2.23. The van der Waals surface area contributed by atoms with Crippen molar-refractivity contribution in [1.29, 1.82) is 0 Å². The Morgan fingerprint density at radius 3 is 2.18 bits per heavy atom. The predicted molar refractivity (Wildman–Crippen MR) is 136 cm³/mol. The van der Waals surface area contributed by atoms with Crippen LogP contribution in [0.2, 0.25) is 5.02 Å². The van der Waals surface area contributed by atoms with Crippen LogP contribution in [-0.4, -0.2) is 49.5 Å². The normalized spacial score (nSPS) is 12.7. The molecule has 0 aromatic heterocycles. The average molecular weight is 559 g/mol. The molecule has 0 spiro atoms. The van der Waals surface area contributed by atoms with E-state index in [1.165, 1.54) is 4.90 Å². The number of nitrogens with zero attached hydrogens (tertiary/aromatic N) is 2. The van der Waals surface area contributed by atoms with Crippen molar-refractivity contribution in [3.8, 4) is 0 Å². The third-order valence-electron chi connectivity index (χ3n) is 4.76. The van der Waals surface area contributed by atoms with Gasteiger partial charge in [-0.3, -0.25) is 13.9 Å². The first-order valence-electron chi connectivity index (χ1n) is 10.3. The number of hydrogen-bond acceptors (Lipinski definition) is 4. The summed E-state index contributed by atoms with van der Waals surface area (Å²) >= 11 is 9.63. The van der Waals surface area contributed by atoms with Gasteiger partial charge in [0.25, 0.3) is 0 Å². The first-order valence-corrected chi connectivity index (χ1v) is 13.3. The van der Waals surface area contributed by atoms with Gasteiger partial charge >= 0.3 is 0 Å². The van der Waals surface area contributed by atoms with E-state index < -0.39 is 34.1 Å². The zero-order valence-electron chi connectivity index (χ0n) is 19.3. The summed E-state index contributed by atoms with van der Waals surface area (Å²) in [6.07, 6.45) is 1.04. The molecule has 0 unspecified atom stereocenters. The van der Waals surface area contributed by atoms with E-state index in [9.17, 15) is 18.0 Å². The van der Waals surface area contributed by atoms with E-state index >= 15 is 0 Å². The molecular weight excluding hydrogens is 530 g/mol. The molecule has 0 aliphatic carbocycles. The van der Waals surface area contributed by atoms with Crippen LogP contribution in [0.1, 0.15) is 33.3 Å². The lowest BCUT2D eigenvalue weighted by molar-refractivity contribution is -0.140. The smallest absolute Gasteiger partial charge is 0.244 e. The van der Waals surface area contributed by atoms with Gasteiger partial charge in [-0.15, -0.1) is 0 Å². The van der Waals surface area contributed by atoms with Gasteiger partial charge in [0, 0.05) is 21.6 Å². The Hall–Kier alpha value is -2.10. The number of carbonyl (C=O) groups is 2. The molecule has 0 aliphatic heterocycles. The van der Waals surface area contributed by atoms with E-state index in [-0.39, 0.29) is 12.5 Å². The Morgan fingerprint density at radius 2 is 1.67 bits per heavy atom. The Labute approximate surface area is 209 Å². The molecule has 2 aromatic rings. The molecule has 2 aromatic carbocycles. The molecule has 7 nitrogen and oxygen atoms in total. The highest BCUT2D eigenvalue weighted by atomic mass is 79.9. The highest BCUT2D eigenvalue weighted by Gasteiger charge is 2.31. The summed E-state index contributed by atoms with van der Waals surface area (Å²) in [5.74, 6) is -0.878. The van der Waals surface area contributed by atoms with E-state index in [4.69, 9.17) is 11.6 Å². The van der Waals surface area contributed by atoms with Gasteiger partial charge in [0.1, 0.15) is 12.6 Å². The molecule has 1 atom stereocenters. The number of benzene rings is 2. The first-order chi connectivity index (χ1) is 15.2. The largest absolute Gasteiger partial charge is 0.350 e. The van der Waals surface area contributed by atoms with Crippen LogP contribution in [0, 0.1) is 0 Å². The van der Waals surface area contributed by atoms with E-state index in [0.717, 1.165) is 15.0 Å². The molecule has 2 amide bonds. The van der Waals surface area contributed by atoms with Crippen molar-refractivity contribution in [2.24, 2.45) is 0 Å². The molecule has 10 heteroatoms. The summed E-state index contributed by atoms with van der Waals surface area (Å²) < 4.78 is 26.8. The van der Waals surface area contributed by atoms with Gasteiger partial charge in [-0.25, -0.2) is 8.42 Å². The van der Waals surface area contributed by atoms with Crippen LogP contribution < -0.4 is 9.62 Å². The van der Waals surface area contributed by atoms with Crippen LogP contribution in [0.4, 0.5) is 5.69 Å². The molecule has 1 N–H and O–H groups in total. The second-order valence-corrected chi connectivity index (χ2v) is 12.0. The number of amides is 2. The van der Waals surface area contributed by atoms with Gasteiger partial charge in [-0.05, 0) is 63.6 Å².